The van der Waals surface area contributed by atoms with Gasteiger partial charge in [-0.3, -0.25) is 4.79 Å². The van der Waals surface area contributed by atoms with Crippen LogP contribution in [-0.2, 0) is 4.79 Å². The molecule has 0 aliphatic heterocycles. The first-order valence-electron chi connectivity index (χ1n) is 6.19. The average Bonchev–Trinajstić information content (AvgIpc) is 2.37. The van der Waals surface area contributed by atoms with E-state index >= 15 is 0 Å². The highest BCUT2D eigenvalue weighted by atomic mass is 16.3. The third kappa shape index (κ3) is 3.20. The second kappa shape index (κ2) is 5.52. The molecular weight excluding hydrogens is 254 g/mol. The number of nitrogens with one attached hydrogen (secondary N) is 2. The lowest BCUT2D eigenvalue weighted by Crippen LogP contribution is -2.09. The highest BCUT2D eigenvalue weighted by molar-refractivity contribution is 5.94. The van der Waals surface area contributed by atoms with E-state index in [2.05, 4.69) is 10.6 Å². The summed E-state index contributed by atoms with van der Waals surface area (Å²) >= 11 is 0. The average molecular weight is 271 g/mol. The minimum absolute atomic E-state index is 0.165. The molecule has 5 heteroatoms. The number of hydrogen-bond donors (Lipinski definition) is 4. The number of aromatic hydroxyl groups is 1. The van der Waals surface area contributed by atoms with Crippen LogP contribution in [0.25, 0.3) is 0 Å². The van der Waals surface area contributed by atoms with E-state index in [1.54, 1.807) is 30.3 Å². The Balaban J connectivity index is 2.36. The molecule has 0 saturated heterocycles. The molecule has 0 heterocycles. The van der Waals surface area contributed by atoms with E-state index in [1.165, 1.54) is 6.92 Å². The van der Waals surface area contributed by atoms with Crippen LogP contribution >= 0.6 is 0 Å². The highest BCUT2D eigenvalue weighted by Gasteiger charge is 2.08. The van der Waals surface area contributed by atoms with Gasteiger partial charge in [-0.25, -0.2) is 0 Å². The van der Waals surface area contributed by atoms with Gasteiger partial charge in [0.25, 0.3) is 0 Å². The number of benzene rings is 2. The predicted octanol–water partition coefficient (Wildman–Crippen LogP) is 2.98. The number of nitrogens with two attached hydrogens (primary N) is 1. The number of amides is 1. The number of carbonyl (C=O) groups excluding carboxylic acids is 1. The lowest BCUT2D eigenvalue weighted by molar-refractivity contribution is -0.114. The van der Waals surface area contributed by atoms with Crippen LogP contribution in [0.2, 0.25) is 0 Å². The second-order valence-electron chi connectivity index (χ2n) is 4.61. The van der Waals surface area contributed by atoms with Crippen molar-refractivity contribution >= 4 is 28.7 Å². The van der Waals surface area contributed by atoms with Crippen LogP contribution in [0, 0.1) is 6.92 Å². The van der Waals surface area contributed by atoms with Gasteiger partial charge < -0.3 is 21.5 Å². The molecule has 0 aliphatic rings. The first kappa shape index (κ1) is 13.7. The molecule has 1 amide bonds. The molecule has 0 fully saturated rings. The molecular formula is C15H17N3O2. The molecule has 0 spiro atoms. The minimum atomic E-state index is -0.165. The van der Waals surface area contributed by atoms with E-state index in [-0.39, 0.29) is 11.7 Å². The zero-order valence-electron chi connectivity index (χ0n) is 11.4. The van der Waals surface area contributed by atoms with Crippen LogP contribution in [0.1, 0.15) is 12.5 Å². The van der Waals surface area contributed by atoms with Crippen molar-refractivity contribution in [1.29, 1.82) is 0 Å². The van der Waals surface area contributed by atoms with Crippen LogP contribution in [0.4, 0.5) is 22.7 Å². The normalized spacial score (nSPS) is 10.1. The van der Waals surface area contributed by atoms with Crippen molar-refractivity contribution in [2.24, 2.45) is 0 Å². The molecule has 0 saturated carbocycles. The van der Waals surface area contributed by atoms with Crippen LogP contribution < -0.4 is 16.4 Å². The summed E-state index contributed by atoms with van der Waals surface area (Å²) in [7, 11) is 0. The largest absolute Gasteiger partial charge is 0.508 e. The topological polar surface area (TPSA) is 87.4 Å². The smallest absolute Gasteiger partial charge is 0.221 e. The number of hydrogen-bond acceptors (Lipinski definition) is 4. The molecule has 0 radical (unpaired) electrons. The van der Waals surface area contributed by atoms with Crippen molar-refractivity contribution in [1.82, 2.24) is 0 Å². The van der Waals surface area contributed by atoms with Gasteiger partial charge in [-0.15, -0.1) is 0 Å². The first-order valence-corrected chi connectivity index (χ1v) is 6.19. The fourth-order valence-corrected chi connectivity index (χ4v) is 1.82. The van der Waals surface area contributed by atoms with E-state index in [4.69, 9.17) is 5.73 Å². The van der Waals surface area contributed by atoms with Gasteiger partial charge in [-0.1, -0.05) is 0 Å². The van der Waals surface area contributed by atoms with Gasteiger partial charge in [0.05, 0.1) is 11.4 Å². The SMILES string of the molecule is CC(=O)Nc1cc(N)c(C)cc1Nc1ccc(O)cc1. The van der Waals surface area contributed by atoms with Crippen LogP contribution in [-0.4, -0.2) is 11.0 Å². The van der Waals surface area contributed by atoms with Crippen molar-refractivity contribution in [2.45, 2.75) is 13.8 Å². The lowest BCUT2D eigenvalue weighted by Gasteiger charge is -2.15. The van der Waals surface area contributed by atoms with Gasteiger partial charge in [0, 0.05) is 18.3 Å². The van der Waals surface area contributed by atoms with E-state index in [0.717, 1.165) is 16.9 Å². The number of carbonyl (C=O) groups is 1. The molecule has 0 aromatic heterocycles. The Morgan fingerprint density at radius 1 is 1.15 bits per heavy atom. The summed E-state index contributed by atoms with van der Waals surface area (Å²) in [6.45, 7) is 3.34. The molecule has 5 N–H and O–H groups in total. The summed E-state index contributed by atoms with van der Waals surface area (Å²) in [5.74, 6) is 0.0353. The third-order valence-corrected chi connectivity index (χ3v) is 2.86. The van der Waals surface area contributed by atoms with Crippen molar-refractivity contribution in [3.63, 3.8) is 0 Å². The Kier molecular flexibility index (Phi) is 3.79. The van der Waals surface area contributed by atoms with E-state index in [1.807, 2.05) is 13.0 Å². The van der Waals surface area contributed by atoms with Gasteiger partial charge in [-0.2, -0.15) is 0 Å². The molecule has 0 atom stereocenters. The molecule has 0 bridgehead atoms. The summed E-state index contributed by atoms with van der Waals surface area (Å²) in [5.41, 5.74) is 9.57. The van der Waals surface area contributed by atoms with Crippen LogP contribution in [0.5, 0.6) is 5.75 Å². The van der Waals surface area contributed by atoms with Crippen molar-refractivity contribution in [3.8, 4) is 5.75 Å². The molecule has 20 heavy (non-hydrogen) atoms. The third-order valence-electron chi connectivity index (χ3n) is 2.86. The maximum atomic E-state index is 11.2. The van der Waals surface area contributed by atoms with E-state index < -0.39 is 0 Å². The molecule has 2 rings (SSSR count). The van der Waals surface area contributed by atoms with Crippen LogP contribution in [0.3, 0.4) is 0 Å². The molecule has 0 aliphatic carbocycles. The molecule has 104 valence electrons. The Labute approximate surface area is 117 Å². The van der Waals surface area contributed by atoms with Gasteiger partial charge in [-0.05, 0) is 48.9 Å². The summed E-state index contributed by atoms with van der Waals surface area (Å²) in [4.78, 5) is 11.2. The Morgan fingerprint density at radius 2 is 1.80 bits per heavy atom. The molecule has 2 aromatic rings. The second-order valence-corrected chi connectivity index (χ2v) is 4.61. The standard InChI is InChI=1S/C15H17N3O2/c1-9-7-14(15(8-13(9)16)17-10(2)19)18-11-3-5-12(20)6-4-11/h3-8,18,20H,16H2,1-2H3,(H,17,19). The quantitative estimate of drug-likeness (QED) is 0.510. The lowest BCUT2D eigenvalue weighted by atomic mass is 10.1. The number of anilines is 4. The van der Waals surface area contributed by atoms with Gasteiger partial charge in [0.15, 0.2) is 0 Å². The number of aryl methyl sites for hydroxylation is 1. The highest BCUT2D eigenvalue weighted by Crippen LogP contribution is 2.30. The summed E-state index contributed by atoms with van der Waals surface area (Å²) < 4.78 is 0. The Bertz CT molecular complexity index is 636. The fourth-order valence-electron chi connectivity index (χ4n) is 1.82. The van der Waals surface area contributed by atoms with Crippen molar-refractivity contribution in [3.05, 3.63) is 42.0 Å². The minimum Gasteiger partial charge on any atom is -0.508 e. The number of phenols is 1. The predicted molar refractivity (Wildman–Crippen MR) is 81.3 cm³/mol. The van der Waals surface area contributed by atoms with E-state index in [0.29, 0.717) is 11.4 Å². The zero-order valence-corrected chi connectivity index (χ0v) is 11.4. The zero-order chi connectivity index (χ0) is 14.7. The van der Waals surface area contributed by atoms with Crippen molar-refractivity contribution < 1.29 is 9.90 Å². The number of rotatable bonds is 3. The number of nitrogen functional groups attached to an aromatic ring is 1. The van der Waals surface area contributed by atoms with E-state index in [9.17, 15) is 9.90 Å². The summed E-state index contributed by atoms with van der Waals surface area (Å²) in [5, 5.41) is 15.2. The van der Waals surface area contributed by atoms with Gasteiger partial charge in [0.1, 0.15) is 5.75 Å². The summed E-state index contributed by atoms with van der Waals surface area (Å²) in [6.07, 6.45) is 0. The Morgan fingerprint density at radius 3 is 2.40 bits per heavy atom. The Hall–Kier alpha value is -2.69. The molecule has 5 nitrogen and oxygen atoms in total. The van der Waals surface area contributed by atoms with Crippen molar-refractivity contribution in [2.75, 3.05) is 16.4 Å². The van der Waals surface area contributed by atoms with Crippen LogP contribution in [0.15, 0.2) is 36.4 Å². The summed E-state index contributed by atoms with van der Waals surface area (Å²) in [6, 6.07) is 10.3. The van der Waals surface area contributed by atoms with Gasteiger partial charge in [0.2, 0.25) is 5.91 Å². The maximum Gasteiger partial charge on any atom is 0.221 e. The molecule has 2 aromatic carbocycles. The fraction of sp³-hybridized carbons (Fsp3) is 0.133. The maximum absolute atomic E-state index is 11.2. The molecule has 0 unspecified atom stereocenters. The monoisotopic (exact) mass is 271 g/mol. The first-order chi connectivity index (χ1) is 9.45. The van der Waals surface area contributed by atoms with Gasteiger partial charge >= 0.3 is 0 Å². The number of phenolic OH excluding ortho intramolecular Hbond substituents is 1.